The molecule has 0 bridgehead atoms. The van der Waals surface area contributed by atoms with Gasteiger partial charge in [-0.1, -0.05) is 11.8 Å². The van der Waals surface area contributed by atoms with E-state index in [1.807, 2.05) is 11.8 Å². The minimum Gasteiger partial charge on any atom is -0.388 e. The fourth-order valence-electron chi connectivity index (χ4n) is 2.26. The maximum atomic E-state index is 7.19. The van der Waals surface area contributed by atoms with Crippen LogP contribution < -0.4 is 5.73 Å². The molecule has 5 nitrogen and oxygen atoms in total. The van der Waals surface area contributed by atoms with Crippen LogP contribution in [0.5, 0.6) is 0 Å². The van der Waals surface area contributed by atoms with E-state index >= 15 is 0 Å². The molecule has 3 rings (SSSR count). The molecule has 19 heavy (non-hydrogen) atoms. The first-order valence-electron chi connectivity index (χ1n) is 7.16. The lowest BCUT2D eigenvalue weighted by Crippen LogP contribution is -2.08. The van der Waals surface area contributed by atoms with E-state index in [9.17, 15) is 0 Å². The zero-order valence-electron chi connectivity index (χ0n) is 11.1. The van der Waals surface area contributed by atoms with E-state index in [1.54, 1.807) is 0 Å². The summed E-state index contributed by atoms with van der Waals surface area (Å²) in [5, 5.41) is 17.1. The fraction of sp³-hybridized carbons (Fsp3) is 0.769. The van der Waals surface area contributed by atoms with Crippen LogP contribution in [0.4, 0.5) is 0 Å². The van der Waals surface area contributed by atoms with Gasteiger partial charge in [0.05, 0.1) is 5.84 Å². The van der Waals surface area contributed by atoms with Gasteiger partial charge in [-0.15, -0.1) is 10.2 Å². The van der Waals surface area contributed by atoms with Crippen molar-refractivity contribution in [3.8, 4) is 0 Å². The lowest BCUT2D eigenvalue weighted by atomic mass is 10.2. The Hall–Kier alpha value is -1.04. The van der Waals surface area contributed by atoms with Crippen LogP contribution in [0, 0.1) is 5.41 Å². The van der Waals surface area contributed by atoms with Crippen LogP contribution in [-0.4, -0.2) is 26.4 Å². The molecule has 6 heteroatoms. The number of hydrogen-bond donors (Lipinski definition) is 2. The van der Waals surface area contributed by atoms with Crippen LogP contribution in [-0.2, 0) is 0 Å². The summed E-state index contributed by atoms with van der Waals surface area (Å²) < 4.78 is 2.40. The standard InChI is InChI=1S/C13H21N5S/c14-11(15)3-1-2-8-19-13-17-16-12(9-4-5-9)18(13)10-6-7-10/h9-10H,1-8H2,(H3,14,15). The highest BCUT2D eigenvalue weighted by molar-refractivity contribution is 7.99. The Morgan fingerprint density at radius 3 is 2.68 bits per heavy atom. The first-order chi connectivity index (χ1) is 9.25. The number of nitrogens with zero attached hydrogens (tertiary/aromatic N) is 3. The topological polar surface area (TPSA) is 80.6 Å². The molecular formula is C13H21N5S. The Morgan fingerprint density at radius 1 is 1.26 bits per heavy atom. The maximum Gasteiger partial charge on any atom is 0.191 e. The molecule has 1 aromatic heterocycles. The molecule has 0 aromatic carbocycles. The average Bonchev–Trinajstić information content (AvgIpc) is 3.28. The predicted molar refractivity (Wildman–Crippen MR) is 76.8 cm³/mol. The molecule has 0 aliphatic heterocycles. The third-order valence-corrected chi connectivity index (χ3v) is 4.65. The van der Waals surface area contributed by atoms with Crippen LogP contribution >= 0.6 is 11.8 Å². The SMILES string of the molecule is N=C(N)CCCCSc1nnc(C2CC2)n1C1CC1. The summed E-state index contributed by atoms with van der Waals surface area (Å²) in [6.45, 7) is 0. The third-order valence-electron chi connectivity index (χ3n) is 3.62. The molecule has 2 saturated carbocycles. The second-order valence-electron chi connectivity index (χ2n) is 5.55. The van der Waals surface area contributed by atoms with Crippen LogP contribution in [0.3, 0.4) is 0 Å². The van der Waals surface area contributed by atoms with Gasteiger partial charge in [-0.25, -0.2) is 0 Å². The Labute approximate surface area is 117 Å². The molecular weight excluding hydrogens is 258 g/mol. The molecule has 104 valence electrons. The highest BCUT2D eigenvalue weighted by Gasteiger charge is 2.36. The van der Waals surface area contributed by atoms with Gasteiger partial charge in [0.15, 0.2) is 5.16 Å². The van der Waals surface area contributed by atoms with Gasteiger partial charge in [-0.3, -0.25) is 5.41 Å². The number of nitrogens with one attached hydrogen (secondary N) is 1. The number of unbranched alkanes of at least 4 members (excludes halogenated alkanes) is 1. The summed E-state index contributed by atoms with van der Waals surface area (Å²) >= 11 is 1.81. The van der Waals surface area contributed by atoms with Crippen molar-refractivity contribution in [2.75, 3.05) is 5.75 Å². The fourth-order valence-corrected chi connectivity index (χ4v) is 3.27. The smallest absolute Gasteiger partial charge is 0.191 e. The quantitative estimate of drug-likeness (QED) is 0.332. The molecule has 1 heterocycles. The first kappa shape index (κ1) is 13.0. The van der Waals surface area contributed by atoms with Crippen molar-refractivity contribution in [3.63, 3.8) is 0 Å². The predicted octanol–water partition coefficient (Wildman–Crippen LogP) is 2.69. The summed E-state index contributed by atoms with van der Waals surface area (Å²) in [6.07, 6.45) is 7.94. The van der Waals surface area contributed by atoms with Crippen LogP contribution in [0.25, 0.3) is 0 Å². The largest absolute Gasteiger partial charge is 0.388 e. The number of nitrogens with two attached hydrogens (primary N) is 1. The molecule has 2 fully saturated rings. The van der Waals surface area contributed by atoms with E-state index in [0.29, 0.717) is 24.2 Å². The zero-order valence-corrected chi connectivity index (χ0v) is 12.0. The maximum absolute atomic E-state index is 7.19. The minimum absolute atomic E-state index is 0.294. The monoisotopic (exact) mass is 279 g/mol. The van der Waals surface area contributed by atoms with Crippen molar-refractivity contribution < 1.29 is 0 Å². The minimum atomic E-state index is 0.294. The number of rotatable bonds is 8. The molecule has 0 saturated heterocycles. The van der Waals surface area contributed by atoms with Crippen molar-refractivity contribution in [1.29, 1.82) is 5.41 Å². The van der Waals surface area contributed by atoms with Crippen molar-refractivity contribution in [2.45, 2.75) is 62.1 Å². The molecule has 0 radical (unpaired) electrons. The average molecular weight is 279 g/mol. The van der Waals surface area contributed by atoms with Crippen molar-refractivity contribution >= 4 is 17.6 Å². The number of amidine groups is 1. The van der Waals surface area contributed by atoms with Crippen LogP contribution in [0.2, 0.25) is 0 Å². The lowest BCUT2D eigenvalue weighted by molar-refractivity contribution is 0.626. The van der Waals surface area contributed by atoms with Crippen LogP contribution in [0.1, 0.15) is 62.7 Å². The second kappa shape index (κ2) is 5.53. The molecule has 2 aliphatic rings. The van der Waals surface area contributed by atoms with E-state index < -0.39 is 0 Å². The van der Waals surface area contributed by atoms with E-state index in [0.717, 1.165) is 23.8 Å². The van der Waals surface area contributed by atoms with Crippen molar-refractivity contribution in [3.05, 3.63) is 5.82 Å². The summed E-state index contributed by atoms with van der Waals surface area (Å²) in [4.78, 5) is 0. The number of hydrogen-bond acceptors (Lipinski definition) is 4. The molecule has 0 spiro atoms. The first-order valence-corrected chi connectivity index (χ1v) is 8.14. The van der Waals surface area contributed by atoms with Gasteiger partial charge < -0.3 is 10.3 Å². The Morgan fingerprint density at radius 2 is 2.05 bits per heavy atom. The van der Waals surface area contributed by atoms with Crippen LogP contribution in [0.15, 0.2) is 5.16 Å². The summed E-state index contributed by atoms with van der Waals surface area (Å²) in [7, 11) is 0. The van der Waals surface area contributed by atoms with Gasteiger partial charge in [-0.2, -0.15) is 0 Å². The summed E-state index contributed by atoms with van der Waals surface area (Å²) in [6, 6.07) is 0.672. The number of aromatic nitrogens is 3. The third kappa shape index (κ3) is 3.29. The van der Waals surface area contributed by atoms with Gasteiger partial charge in [0.1, 0.15) is 5.82 Å². The molecule has 0 atom stereocenters. The highest BCUT2D eigenvalue weighted by Crippen LogP contribution is 2.46. The van der Waals surface area contributed by atoms with E-state index in [4.69, 9.17) is 11.1 Å². The van der Waals surface area contributed by atoms with E-state index in [-0.39, 0.29) is 0 Å². The highest BCUT2D eigenvalue weighted by atomic mass is 32.2. The Bertz CT molecular complexity index is 462. The Balaban J connectivity index is 1.54. The van der Waals surface area contributed by atoms with E-state index in [1.165, 1.54) is 31.5 Å². The van der Waals surface area contributed by atoms with Crippen molar-refractivity contribution in [1.82, 2.24) is 14.8 Å². The van der Waals surface area contributed by atoms with Gasteiger partial charge in [-0.05, 0) is 38.5 Å². The summed E-state index contributed by atoms with van der Waals surface area (Å²) in [5.74, 6) is 3.25. The number of thioether (sulfide) groups is 1. The summed E-state index contributed by atoms with van der Waals surface area (Å²) in [5.41, 5.74) is 5.35. The second-order valence-corrected chi connectivity index (χ2v) is 6.61. The Kier molecular flexibility index (Phi) is 3.77. The normalized spacial score (nSPS) is 18.7. The molecule has 3 N–H and O–H groups in total. The van der Waals surface area contributed by atoms with Gasteiger partial charge >= 0.3 is 0 Å². The molecule has 0 unspecified atom stereocenters. The zero-order chi connectivity index (χ0) is 13.2. The van der Waals surface area contributed by atoms with Gasteiger partial charge in [0.25, 0.3) is 0 Å². The van der Waals surface area contributed by atoms with Gasteiger partial charge in [0.2, 0.25) is 0 Å². The molecule has 1 aromatic rings. The lowest BCUT2D eigenvalue weighted by Gasteiger charge is -2.07. The van der Waals surface area contributed by atoms with Crippen molar-refractivity contribution in [2.24, 2.45) is 5.73 Å². The van der Waals surface area contributed by atoms with E-state index in [2.05, 4.69) is 14.8 Å². The van der Waals surface area contributed by atoms with Gasteiger partial charge in [0, 0.05) is 24.1 Å². The molecule has 0 amide bonds. The molecule has 2 aliphatic carbocycles.